The van der Waals surface area contributed by atoms with E-state index in [0.717, 1.165) is 30.5 Å². The van der Waals surface area contributed by atoms with E-state index in [1.807, 2.05) is 42.5 Å². The molecule has 0 heterocycles. The molecule has 1 N–H and O–H groups in total. The number of nitrogens with one attached hydrogen (secondary N) is 1. The fourth-order valence-corrected chi connectivity index (χ4v) is 3.11. The average molecular weight is 295 g/mol. The smallest absolute Gasteiger partial charge is 0.127 e. The fourth-order valence-electron chi connectivity index (χ4n) is 3.11. The van der Waals surface area contributed by atoms with Gasteiger partial charge in [-0.05, 0) is 55.1 Å². The molecule has 0 aromatic heterocycles. The quantitative estimate of drug-likeness (QED) is 0.796. The lowest BCUT2D eigenvalue weighted by Gasteiger charge is -2.21. The molecule has 2 heteroatoms. The van der Waals surface area contributed by atoms with Crippen LogP contribution in [0.15, 0.2) is 54.6 Å². The van der Waals surface area contributed by atoms with Gasteiger partial charge in [0.1, 0.15) is 11.5 Å². The molecule has 0 aliphatic heterocycles. The Hall–Kier alpha value is -1.80. The summed E-state index contributed by atoms with van der Waals surface area (Å²) in [5, 5.41) is 3.60. The van der Waals surface area contributed by atoms with Crippen LogP contribution >= 0.6 is 0 Å². The predicted octanol–water partition coefficient (Wildman–Crippen LogP) is 5.15. The highest BCUT2D eigenvalue weighted by atomic mass is 16.5. The molecule has 0 bridgehead atoms. The van der Waals surface area contributed by atoms with E-state index in [2.05, 4.69) is 17.4 Å². The van der Waals surface area contributed by atoms with Crippen LogP contribution < -0.4 is 10.1 Å². The first-order chi connectivity index (χ1) is 10.9. The summed E-state index contributed by atoms with van der Waals surface area (Å²) in [5.41, 5.74) is 1.32. The van der Waals surface area contributed by atoms with Gasteiger partial charge in [-0.1, -0.05) is 49.6 Å². The molecule has 0 saturated heterocycles. The zero-order valence-electron chi connectivity index (χ0n) is 13.1. The maximum Gasteiger partial charge on any atom is 0.127 e. The molecule has 0 spiro atoms. The molecule has 2 aromatic carbocycles. The Bertz CT molecular complexity index is 544. The second-order valence-electron chi connectivity index (χ2n) is 6.19. The third-order valence-electron chi connectivity index (χ3n) is 4.39. The van der Waals surface area contributed by atoms with Crippen LogP contribution in [0.3, 0.4) is 0 Å². The van der Waals surface area contributed by atoms with Crippen molar-refractivity contribution in [1.82, 2.24) is 5.32 Å². The second-order valence-corrected chi connectivity index (χ2v) is 6.19. The molecule has 1 fully saturated rings. The Labute approximate surface area is 133 Å². The van der Waals surface area contributed by atoms with Crippen molar-refractivity contribution >= 4 is 0 Å². The van der Waals surface area contributed by atoms with Gasteiger partial charge < -0.3 is 10.1 Å². The number of rotatable bonds is 6. The maximum absolute atomic E-state index is 5.81. The molecule has 116 valence electrons. The summed E-state index contributed by atoms with van der Waals surface area (Å²) in [6.07, 6.45) is 7.06. The topological polar surface area (TPSA) is 21.3 Å². The van der Waals surface area contributed by atoms with Crippen LogP contribution in [0.4, 0.5) is 0 Å². The molecule has 1 saturated carbocycles. The Morgan fingerprint density at radius 3 is 2.23 bits per heavy atom. The van der Waals surface area contributed by atoms with Gasteiger partial charge in [-0.3, -0.25) is 0 Å². The zero-order valence-corrected chi connectivity index (χ0v) is 13.1. The van der Waals surface area contributed by atoms with Crippen molar-refractivity contribution in [2.24, 2.45) is 5.92 Å². The van der Waals surface area contributed by atoms with Crippen molar-refractivity contribution in [3.8, 4) is 11.5 Å². The molecular formula is C20H25NO. The van der Waals surface area contributed by atoms with Gasteiger partial charge in [0.25, 0.3) is 0 Å². The fraction of sp³-hybridized carbons (Fsp3) is 0.400. The first-order valence-electron chi connectivity index (χ1n) is 8.43. The molecule has 0 radical (unpaired) electrons. The summed E-state index contributed by atoms with van der Waals surface area (Å²) in [6, 6.07) is 18.3. The van der Waals surface area contributed by atoms with Gasteiger partial charge >= 0.3 is 0 Å². The SMILES string of the molecule is c1ccc(Oc2ccc(CNCC3CCCCC3)cc2)cc1. The molecule has 0 amide bonds. The molecule has 2 nitrogen and oxygen atoms in total. The van der Waals surface area contributed by atoms with Crippen molar-refractivity contribution in [1.29, 1.82) is 0 Å². The van der Waals surface area contributed by atoms with Crippen LogP contribution in [-0.4, -0.2) is 6.54 Å². The number of ether oxygens (including phenoxy) is 1. The number of benzene rings is 2. The van der Waals surface area contributed by atoms with E-state index in [9.17, 15) is 0 Å². The van der Waals surface area contributed by atoms with E-state index in [1.165, 1.54) is 37.7 Å². The highest BCUT2D eigenvalue weighted by Crippen LogP contribution is 2.23. The van der Waals surface area contributed by atoms with Gasteiger partial charge in [-0.2, -0.15) is 0 Å². The predicted molar refractivity (Wildman–Crippen MR) is 91.2 cm³/mol. The molecular weight excluding hydrogens is 270 g/mol. The lowest BCUT2D eigenvalue weighted by molar-refractivity contribution is 0.342. The molecule has 0 unspecified atom stereocenters. The molecule has 2 aromatic rings. The highest BCUT2D eigenvalue weighted by Gasteiger charge is 2.12. The number of hydrogen-bond acceptors (Lipinski definition) is 2. The van der Waals surface area contributed by atoms with Crippen LogP contribution in [0.1, 0.15) is 37.7 Å². The first-order valence-corrected chi connectivity index (χ1v) is 8.43. The minimum atomic E-state index is 0.880. The van der Waals surface area contributed by atoms with E-state index in [0.29, 0.717) is 0 Å². The van der Waals surface area contributed by atoms with Crippen molar-refractivity contribution in [2.45, 2.75) is 38.6 Å². The Kier molecular flexibility index (Phi) is 5.49. The Morgan fingerprint density at radius 1 is 0.818 bits per heavy atom. The summed E-state index contributed by atoms with van der Waals surface area (Å²) in [6.45, 7) is 2.10. The monoisotopic (exact) mass is 295 g/mol. The standard InChI is InChI=1S/C20H25NO/c1-3-7-17(8-4-1)15-21-16-18-11-13-20(14-12-18)22-19-9-5-2-6-10-19/h2,5-6,9-14,17,21H,1,3-4,7-8,15-16H2. The molecule has 22 heavy (non-hydrogen) atoms. The maximum atomic E-state index is 5.81. The van der Waals surface area contributed by atoms with Gasteiger partial charge in [-0.15, -0.1) is 0 Å². The van der Waals surface area contributed by atoms with E-state index in [4.69, 9.17) is 4.74 Å². The van der Waals surface area contributed by atoms with E-state index < -0.39 is 0 Å². The molecule has 3 rings (SSSR count). The van der Waals surface area contributed by atoms with Gasteiger partial charge in [0, 0.05) is 6.54 Å². The first kappa shape index (κ1) is 15.1. The van der Waals surface area contributed by atoms with Crippen LogP contribution in [0, 0.1) is 5.92 Å². The van der Waals surface area contributed by atoms with Gasteiger partial charge in [0.2, 0.25) is 0 Å². The van der Waals surface area contributed by atoms with E-state index >= 15 is 0 Å². The van der Waals surface area contributed by atoms with Crippen LogP contribution in [0.25, 0.3) is 0 Å². The highest BCUT2D eigenvalue weighted by molar-refractivity contribution is 5.32. The lowest BCUT2D eigenvalue weighted by Crippen LogP contribution is -2.24. The van der Waals surface area contributed by atoms with Gasteiger partial charge in [0.05, 0.1) is 0 Å². The zero-order chi connectivity index (χ0) is 15.0. The largest absolute Gasteiger partial charge is 0.457 e. The van der Waals surface area contributed by atoms with Crippen LogP contribution in [0.2, 0.25) is 0 Å². The van der Waals surface area contributed by atoms with Crippen LogP contribution in [0.5, 0.6) is 11.5 Å². The number of para-hydroxylation sites is 1. The minimum absolute atomic E-state index is 0.880. The third-order valence-corrected chi connectivity index (χ3v) is 4.39. The lowest BCUT2D eigenvalue weighted by atomic mass is 9.89. The Morgan fingerprint density at radius 2 is 1.50 bits per heavy atom. The Balaban J connectivity index is 1.45. The van der Waals surface area contributed by atoms with Crippen molar-refractivity contribution < 1.29 is 4.74 Å². The summed E-state index contributed by atoms with van der Waals surface area (Å²) in [7, 11) is 0. The molecule has 1 aliphatic carbocycles. The average Bonchev–Trinajstić information content (AvgIpc) is 2.58. The molecule has 0 atom stereocenters. The second kappa shape index (κ2) is 8.00. The summed E-state index contributed by atoms with van der Waals surface area (Å²) in [4.78, 5) is 0. The van der Waals surface area contributed by atoms with E-state index in [1.54, 1.807) is 0 Å². The van der Waals surface area contributed by atoms with Crippen molar-refractivity contribution in [3.05, 3.63) is 60.2 Å². The van der Waals surface area contributed by atoms with E-state index in [-0.39, 0.29) is 0 Å². The summed E-state index contributed by atoms with van der Waals surface area (Å²) < 4.78 is 5.81. The van der Waals surface area contributed by atoms with Crippen LogP contribution in [-0.2, 0) is 6.54 Å². The van der Waals surface area contributed by atoms with Crippen molar-refractivity contribution in [3.63, 3.8) is 0 Å². The molecule has 1 aliphatic rings. The van der Waals surface area contributed by atoms with Gasteiger partial charge in [0.15, 0.2) is 0 Å². The van der Waals surface area contributed by atoms with Gasteiger partial charge in [-0.25, -0.2) is 0 Å². The summed E-state index contributed by atoms with van der Waals surface area (Å²) in [5.74, 6) is 2.65. The van der Waals surface area contributed by atoms with Crippen molar-refractivity contribution in [2.75, 3.05) is 6.54 Å². The third kappa shape index (κ3) is 4.60. The number of hydrogen-bond donors (Lipinski definition) is 1. The summed E-state index contributed by atoms with van der Waals surface area (Å²) >= 11 is 0. The normalized spacial score (nSPS) is 15.6. The minimum Gasteiger partial charge on any atom is -0.457 e.